The third-order valence-electron chi connectivity index (χ3n) is 2.33. The van der Waals surface area contributed by atoms with Crippen molar-refractivity contribution in [1.29, 1.82) is 0 Å². The topological polar surface area (TPSA) is 12.0 Å². The van der Waals surface area contributed by atoms with Crippen molar-refractivity contribution >= 4 is 17.4 Å². The Balaban J connectivity index is 2.35. The van der Waals surface area contributed by atoms with Gasteiger partial charge in [0.05, 0.1) is 5.37 Å². The van der Waals surface area contributed by atoms with Crippen molar-refractivity contribution in [2.45, 2.75) is 37.0 Å². The molecular formula is C11H15NS. The van der Waals surface area contributed by atoms with Gasteiger partial charge in [0.25, 0.3) is 0 Å². The van der Waals surface area contributed by atoms with E-state index in [2.05, 4.69) is 44.3 Å². The zero-order valence-corrected chi connectivity index (χ0v) is 9.11. The summed E-state index contributed by atoms with van der Waals surface area (Å²) in [6, 6.07) is 6.72. The van der Waals surface area contributed by atoms with E-state index in [9.17, 15) is 0 Å². The molecule has 0 fully saturated rings. The van der Waals surface area contributed by atoms with Crippen LogP contribution in [-0.2, 0) is 0 Å². The Morgan fingerprint density at radius 3 is 2.85 bits per heavy atom. The zero-order valence-electron chi connectivity index (χ0n) is 8.29. The van der Waals surface area contributed by atoms with E-state index in [1.165, 1.54) is 16.1 Å². The lowest BCUT2D eigenvalue weighted by Crippen LogP contribution is -2.02. The molecule has 0 spiro atoms. The Kier molecular flexibility index (Phi) is 2.24. The van der Waals surface area contributed by atoms with E-state index in [0.717, 1.165) is 0 Å². The number of hydrogen-bond donors (Lipinski definition) is 1. The van der Waals surface area contributed by atoms with E-state index >= 15 is 0 Å². The van der Waals surface area contributed by atoms with Crippen LogP contribution in [0.4, 0.5) is 5.69 Å². The number of thioether (sulfide) groups is 1. The largest absolute Gasteiger partial charge is 0.372 e. The van der Waals surface area contributed by atoms with Crippen LogP contribution in [0.1, 0.15) is 32.3 Å². The van der Waals surface area contributed by atoms with Gasteiger partial charge in [-0.2, -0.15) is 0 Å². The van der Waals surface area contributed by atoms with Crippen LogP contribution in [0.3, 0.4) is 0 Å². The zero-order chi connectivity index (χ0) is 9.42. The van der Waals surface area contributed by atoms with Gasteiger partial charge in [0, 0.05) is 10.6 Å². The van der Waals surface area contributed by atoms with Gasteiger partial charge in [-0.15, -0.1) is 0 Å². The summed E-state index contributed by atoms with van der Waals surface area (Å²) in [5, 5.41) is 3.95. The molecule has 0 saturated heterocycles. The van der Waals surface area contributed by atoms with Crippen LogP contribution in [0.5, 0.6) is 0 Å². The predicted octanol–water partition coefficient (Wildman–Crippen LogP) is 3.67. The highest BCUT2D eigenvalue weighted by molar-refractivity contribution is 8.00. The van der Waals surface area contributed by atoms with Crippen molar-refractivity contribution in [3.8, 4) is 0 Å². The van der Waals surface area contributed by atoms with Crippen molar-refractivity contribution < 1.29 is 0 Å². The molecule has 70 valence electrons. The van der Waals surface area contributed by atoms with E-state index < -0.39 is 0 Å². The smallest absolute Gasteiger partial charge is 0.0741 e. The number of anilines is 1. The first-order chi connectivity index (χ1) is 6.16. The van der Waals surface area contributed by atoms with E-state index in [1.807, 2.05) is 11.8 Å². The van der Waals surface area contributed by atoms with E-state index in [-0.39, 0.29) is 0 Å². The summed E-state index contributed by atoms with van der Waals surface area (Å²) in [5.41, 5.74) is 2.73. The van der Waals surface area contributed by atoms with Crippen LogP contribution in [-0.4, -0.2) is 5.37 Å². The van der Waals surface area contributed by atoms with E-state index in [4.69, 9.17) is 0 Å². The maximum atomic E-state index is 3.43. The van der Waals surface area contributed by atoms with Crippen molar-refractivity contribution in [3.05, 3.63) is 23.8 Å². The molecule has 0 aromatic heterocycles. The monoisotopic (exact) mass is 193 g/mol. The second-order valence-corrected chi connectivity index (χ2v) is 5.20. The first-order valence-corrected chi connectivity index (χ1v) is 5.62. The quantitative estimate of drug-likeness (QED) is 0.730. The minimum atomic E-state index is 0.525. The molecule has 13 heavy (non-hydrogen) atoms. The first-order valence-electron chi connectivity index (χ1n) is 4.74. The molecule has 0 bridgehead atoms. The van der Waals surface area contributed by atoms with Gasteiger partial charge in [0.1, 0.15) is 0 Å². The minimum Gasteiger partial charge on any atom is -0.372 e. The lowest BCUT2D eigenvalue weighted by Gasteiger charge is -2.06. The Bertz CT molecular complexity index is 320. The molecule has 1 aliphatic heterocycles. The Labute approximate surface area is 83.9 Å². The summed E-state index contributed by atoms with van der Waals surface area (Å²) >= 11 is 1.91. The number of fused-ring (bicyclic) bond motifs is 1. The fourth-order valence-corrected chi connectivity index (χ4v) is 2.58. The van der Waals surface area contributed by atoms with Crippen molar-refractivity contribution in [2.75, 3.05) is 5.32 Å². The number of hydrogen-bond acceptors (Lipinski definition) is 2. The lowest BCUT2D eigenvalue weighted by atomic mass is 10.0. The number of nitrogens with one attached hydrogen (secondary N) is 1. The van der Waals surface area contributed by atoms with Crippen LogP contribution >= 0.6 is 11.8 Å². The highest BCUT2D eigenvalue weighted by atomic mass is 32.2. The summed E-state index contributed by atoms with van der Waals surface area (Å²) < 4.78 is 0. The standard InChI is InChI=1S/C11H15NS/c1-7(2)9-4-5-10-11(6-9)13-8(3)12-10/h4-8,12H,1-3H3. The molecule has 2 rings (SSSR count). The van der Waals surface area contributed by atoms with Gasteiger partial charge in [-0.05, 0) is 30.5 Å². The van der Waals surface area contributed by atoms with E-state index in [0.29, 0.717) is 11.3 Å². The van der Waals surface area contributed by atoms with Gasteiger partial charge in [-0.3, -0.25) is 0 Å². The van der Waals surface area contributed by atoms with Gasteiger partial charge in [0.15, 0.2) is 0 Å². The molecule has 1 atom stereocenters. The molecule has 1 unspecified atom stereocenters. The molecule has 1 nitrogen and oxygen atoms in total. The summed E-state index contributed by atoms with van der Waals surface area (Å²) in [6.45, 7) is 6.66. The third kappa shape index (κ3) is 1.68. The number of rotatable bonds is 1. The van der Waals surface area contributed by atoms with Crippen LogP contribution in [0.15, 0.2) is 23.1 Å². The second kappa shape index (κ2) is 3.26. The summed E-state index contributed by atoms with van der Waals surface area (Å²) in [7, 11) is 0. The second-order valence-electron chi connectivity index (χ2n) is 3.81. The summed E-state index contributed by atoms with van der Waals surface area (Å²) in [4.78, 5) is 1.40. The normalized spacial score (nSPS) is 20.2. The molecule has 2 heteroatoms. The van der Waals surface area contributed by atoms with Crippen LogP contribution in [0, 0.1) is 0 Å². The van der Waals surface area contributed by atoms with Gasteiger partial charge >= 0.3 is 0 Å². The van der Waals surface area contributed by atoms with E-state index in [1.54, 1.807) is 0 Å². The first kappa shape index (κ1) is 8.95. The Hall–Kier alpha value is -0.630. The molecule has 1 heterocycles. The lowest BCUT2D eigenvalue weighted by molar-refractivity contribution is 0.863. The summed E-state index contributed by atoms with van der Waals surface area (Å²) in [5.74, 6) is 0.627. The Morgan fingerprint density at radius 2 is 2.15 bits per heavy atom. The molecule has 1 aromatic rings. The van der Waals surface area contributed by atoms with Crippen molar-refractivity contribution in [1.82, 2.24) is 0 Å². The SMILES string of the molecule is CC1Nc2ccc(C(C)C)cc2S1. The predicted molar refractivity (Wildman–Crippen MR) is 59.5 cm³/mol. The fourth-order valence-electron chi connectivity index (χ4n) is 1.55. The highest BCUT2D eigenvalue weighted by Crippen LogP contribution is 2.39. The molecule has 0 radical (unpaired) electrons. The van der Waals surface area contributed by atoms with Gasteiger partial charge < -0.3 is 5.32 Å². The summed E-state index contributed by atoms with van der Waals surface area (Å²) in [6.07, 6.45) is 0. The van der Waals surface area contributed by atoms with Crippen LogP contribution in [0.2, 0.25) is 0 Å². The van der Waals surface area contributed by atoms with Gasteiger partial charge in [-0.25, -0.2) is 0 Å². The fraction of sp³-hybridized carbons (Fsp3) is 0.455. The van der Waals surface area contributed by atoms with Crippen LogP contribution < -0.4 is 5.32 Å². The Morgan fingerprint density at radius 1 is 1.38 bits per heavy atom. The maximum absolute atomic E-state index is 3.43. The number of benzene rings is 1. The molecule has 0 amide bonds. The average molecular weight is 193 g/mol. The molecule has 0 saturated carbocycles. The highest BCUT2D eigenvalue weighted by Gasteiger charge is 2.17. The van der Waals surface area contributed by atoms with Gasteiger partial charge in [0.2, 0.25) is 0 Å². The van der Waals surface area contributed by atoms with Crippen molar-refractivity contribution in [3.63, 3.8) is 0 Å². The molecule has 1 aromatic carbocycles. The maximum Gasteiger partial charge on any atom is 0.0741 e. The van der Waals surface area contributed by atoms with Crippen LogP contribution in [0.25, 0.3) is 0 Å². The molecule has 0 aliphatic carbocycles. The average Bonchev–Trinajstić information content (AvgIpc) is 2.42. The van der Waals surface area contributed by atoms with Gasteiger partial charge in [-0.1, -0.05) is 31.7 Å². The molecule has 1 N–H and O–H groups in total. The minimum absolute atomic E-state index is 0.525. The van der Waals surface area contributed by atoms with Crippen molar-refractivity contribution in [2.24, 2.45) is 0 Å². The third-order valence-corrected chi connectivity index (χ3v) is 3.40. The molecular weight excluding hydrogens is 178 g/mol. The molecule has 1 aliphatic rings.